The van der Waals surface area contributed by atoms with Gasteiger partial charge in [-0.15, -0.1) is 0 Å². The molecule has 0 aliphatic carbocycles. The molecule has 0 aromatic heterocycles. The molecule has 1 saturated heterocycles. The van der Waals surface area contributed by atoms with Crippen LogP contribution in [0.2, 0.25) is 0 Å². The molecule has 0 saturated carbocycles. The Labute approximate surface area is 117 Å². The molecule has 0 radical (unpaired) electrons. The van der Waals surface area contributed by atoms with Gasteiger partial charge in [0.2, 0.25) is 0 Å². The zero-order valence-corrected chi connectivity index (χ0v) is 11.4. The number of carboxylic acid groups (broad SMARTS) is 1. The Kier molecular flexibility index (Phi) is 3.17. The highest BCUT2D eigenvalue weighted by molar-refractivity contribution is 5.78. The third kappa shape index (κ3) is 2.16. The molecule has 4 nitrogen and oxygen atoms in total. The van der Waals surface area contributed by atoms with Crippen LogP contribution in [0.4, 0.5) is 4.39 Å². The summed E-state index contributed by atoms with van der Waals surface area (Å²) in [5.41, 5.74) is 0.0647. The van der Waals surface area contributed by atoms with Crippen LogP contribution in [0, 0.1) is 5.82 Å². The Morgan fingerprint density at radius 3 is 3.15 bits per heavy atom. The second-order valence-electron chi connectivity index (χ2n) is 5.82. The second kappa shape index (κ2) is 4.74. The minimum atomic E-state index is -0.802. The van der Waals surface area contributed by atoms with Gasteiger partial charge in [-0.05, 0) is 44.5 Å². The number of carboxylic acids is 1. The molecule has 0 spiro atoms. The summed E-state index contributed by atoms with van der Waals surface area (Å²) in [6.07, 6.45) is 2.09. The molecule has 1 N–H and O–H groups in total. The zero-order chi connectivity index (χ0) is 14.3. The average molecular weight is 279 g/mol. The first-order chi connectivity index (χ1) is 9.49. The lowest BCUT2D eigenvalue weighted by Gasteiger charge is -2.32. The number of hydrogen-bond acceptors (Lipinski definition) is 3. The average Bonchev–Trinajstić information content (AvgIpc) is 2.94. The van der Waals surface area contributed by atoms with Crippen molar-refractivity contribution in [2.75, 3.05) is 13.1 Å². The molecule has 5 heteroatoms. The van der Waals surface area contributed by atoms with Gasteiger partial charge in [-0.3, -0.25) is 9.69 Å². The lowest BCUT2D eigenvalue weighted by Crippen LogP contribution is -2.51. The molecule has 2 unspecified atom stereocenters. The summed E-state index contributed by atoms with van der Waals surface area (Å²) in [6, 6.07) is 4.53. The molecule has 2 aliphatic heterocycles. The summed E-state index contributed by atoms with van der Waals surface area (Å²) in [7, 11) is 0. The van der Waals surface area contributed by atoms with Gasteiger partial charge in [-0.25, -0.2) is 4.39 Å². The van der Waals surface area contributed by atoms with Crippen LogP contribution in [-0.4, -0.2) is 40.7 Å². The quantitative estimate of drug-likeness (QED) is 0.920. The van der Waals surface area contributed by atoms with Crippen molar-refractivity contribution in [2.45, 2.75) is 37.8 Å². The van der Waals surface area contributed by atoms with E-state index in [1.54, 1.807) is 13.0 Å². The summed E-state index contributed by atoms with van der Waals surface area (Å²) in [6.45, 7) is 3.11. The molecule has 0 bridgehead atoms. The van der Waals surface area contributed by atoms with Crippen LogP contribution >= 0.6 is 0 Å². The van der Waals surface area contributed by atoms with Crippen LogP contribution in [0.15, 0.2) is 18.2 Å². The van der Waals surface area contributed by atoms with E-state index in [-0.39, 0.29) is 11.9 Å². The first-order valence-electron chi connectivity index (χ1n) is 6.92. The molecule has 2 aliphatic rings. The summed E-state index contributed by atoms with van der Waals surface area (Å²) < 4.78 is 19.0. The van der Waals surface area contributed by atoms with Gasteiger partial charge in [-0.1, -0.05) is 0 Å². The summed E-state index contributed by atoms with van der Waals surface area (Å²) in [5, 5.41) is 9.39. The van der Waals surface area contributed by atoms with Crippen molar-refractivity contribution in [2.24, 2.45) is 0 Å². The zero-order valence-electron chi connectivity index (χ0n) is 11.4. The van der Waals surface area contributed by atoms with E-state index < -0.39 is 11.5 Å². The van der Waals surface area contributed by atoms with E-state index in [0.29, 0.717) is 25.1 Å². The highest BCUT2D eigenvalue weighted by atomic mass is 19.1. The molecular formula is C15H18FNO3. The standard InChI is InChI=1S/C15H18FNO3/c1-15(14(18)19)5-2-6-17(15)9-12-8-10-7-11(16)3-4-13(10)20-12/h3-4,7,12H,2,5-6,8-9H2,1H3,(H,18,19). The maximum atomic E-state index is 13.2. The molecule has 1 fully saturated rings. The van der Waals surface area contributed by atoms with Gasteiger partial charge in [0.05, 0.1) is 0 Å². The van der Waals surface area contributed by atoms with Crippen molar-refractivity contribution in [1.29, 1.82) is 0 Å². The summed E-state index contributed by atoms with van der Waals surface area (Å²) in [4.78, 5) is 13.4. The van der Waals surface area contributed by atoms with Gasteiger partial charge in [0, 0.05) is 18.5 Å². The number of halogens is 1. The van der Waals surface area contributed by atoms with E-state index in [0.717, 1.165) is 18.5 Å². The number of aliphatic carboxylic acids is 1. The number of likely N-dealkylation sites (tertiary alicyclic amines) is 1. The van der Waals surface area contributed by atoms with E-state index in [2.05, 4.69) is 0 Å². The molecule has 1 aromatic rings. The third-order valence-electron chi connectivity index (χ3n) is 4.44. The van der Waals surface area contributed by atoms with Gasteiger partial charge >= 0.3 is 5.97 Å². The predicted molar refractivity (Wildman–Crippen MR) is 71.4 cm³/mol. The monoisotopic (exact) mass is 279 g/mol. The van der Waals surface area contributed by atoms with E-state index >= 15 is 0 Å². The second-order valence-corrected chi connectivity index (χ2v) is 5.82. The third-order valence-corrected chi connectivity index (χ3v) is 4.44. The van der Waals surface area contributed by atoms with Crippen LogP contribution < -0.4 is 4.74 Å². The molecular weight excluding hydrogens is 261 g/mol. The minimum absolute atomic E-state index is 0.0939. The Bertz CT molecular complexity index is 548. The van der Waals surface area contributed by atoms with Crippen LogP contribution in [0.3, 0.4) is 0 Å². The normalized spacial score (nSPS) is 29.2. The van der Waals surface area contributed by atoms with Crippen molar-refractivity contribution in [3.05, 3.63) is 29.6 Å². The van der Waals surface area contributed by atoms with Crippen LogP contribution in [-0.2, 0) is 11.2 Å². The number of fused-ring (bicyclic) bond motifs is 1. The Morgan fingerprint density at radius 2 is 2.40 bits per heavy atom. The smallest absolute Gasteiger partial charge is 0.323 e. The van der Waals surface area contributed by atoms with Gasteiger partial charge in [0.15, 0.2) is 0 Å². The fourth-order valence-electron chi connectivity index (χ4n) is 3.19. The molecule has 3 rings (SSSR count). The molecule has 2 atom stereocenters. The number of rotatable bonds is 3. The van der Waals surface area contributed by atoms with Crippen LogP contribution in [0.25, 0.3) is 0 Å². The first kappa shape index (κ1) is 13.4. The van der Waals surface area contributed by atoms with Crippen LogP contribution in [0.5, 0.6) is 5.75 Å². The summed E-state index contributed by atoms with van der Waals surface area (Å²) >= 11 is 0. The van der Waals surface area contributed by atoms with Crippen molar-refractivity contribution < 1.29 is 19.0 Å². The highest BCUT2D eigenvalue weighted by Gasteiger charge is 2.44. The van der Waals surface area contributed by atoms with Crippen molar-refractivity contribution in [3.8, 4) is 5.75 Å². The Hall–Kier alpha value is -1.62. The minimum Gasteiger partial charge on any atom is -0.488 e. The fraction of sp³-hybridized carbons (Fsp3) is 0.533. The molecule has 2 heterocycles. The van der Waals surface area contributed by atoms with Gasteiger partial charge in [0.1, 0.15) is 23.2 Å². The number of nitrogens with zero attached hydrogens (tertiary/aromatic N) is 1. The van der Waals surface area contributed by atoms with Crippen molar-refractivity contribution >= 4 is 5.97 Å². The number of benzene rings is 1. The fourth-order valence-corrected chi connectivity index (χ4v) is 3.19. The lowest BCUT2D eigenvalue weighted by atomic mass is 9.98. The van der Waals surface area contributed by atoms with E-state index in [4.69, 9.17) is 4.74 Å². The molecule has 1 aromatic carbocycles. The highest BCUT2D eigenvalue weighted by Crippen LogP contribution is 2.33. The Balaban J connectivity index is 1.70. The molecule has 20 heavy (non-hydrogen) atoms. The summed E-state index contributed by atoms with van der Waals surface area (Å²) in [5.74, 6) is -0.325. The molecule has 108 valence electrons. The SMILES string of the molecule is CC1(C(=O)O)CCCN1CC1Cc2cc(F)ccc2O1. The Morgan fingerprint density at radius 1 is 1.60 bits per heavy atom. The maximum absolute atomic E-state index is 13.2. The number of hydrogen-bond donors (Lipinski definition) is 1. The van der Waals surface area contributed by atoms with Crippen molar-refractivity contribution in [3.63, 3.8) is 0 Å². The van der Waals surface area contributed by atoms with Gasteiger partial charge in [0.25, 0.3) is 0 Å². The topological polar surface area (TPSA) is 49.8 Å². The largest absolute Gasteiger partial charge is 0.488 e. The first-order valence-corrected chi connectivity index (χ1v) is 6.92. The predicted octanol–water partition coefficient (Wildman–Crippen LogP) is 2.07. The van der Waals surface area contributed by atoms with Crippen molar-refractivity contribution in [1.82, 2.24) is 4.90 Å². The maximum Gasteiger partial charge on any atom is 0.323 e. The molecule has 0 amide bonds. The van der Waals surface area contributed by atoms with E-state index in [1.165, 1.54) is 12.1 Å². The van der Waals surface area contributed by atoms with E-state index in [1.807, 2.05) is 4.90 Å². The number of carbonyl (C=O) groups is 1. The van der Waals surface area contributed by atoms with Crippen LogP contribution in [0.1, 0.15) is 25.3 Å². The van der Waals surface area contributed by atoms with Gasteiger partial charge < -0.3 is 9.84 Å². The lowest BCUT2D eigenvalue weighted by molar-refractivity contribution is -0.149. The number of ether oxygens (including phenoxy) is 1. The van der Waals surface area contributed by atoms with E-state index in [9.17, 15) is 14.3 Å². The van der Waals surface area contributed by atoms with Gasteiger partial charge in [-0.2, -0.15) is 0 Å².